The van der Waals surface area contributed by atoms with E-state index in [1.807, 2.05) is 38.1 Å². The van der Waals surface area contributed by atoms with Crippen LogP contribution in [0.4, 0.5) is 0 Å². The van der Waals surface area contributed by atoms with Gasteiger partial charge >= 0.3 is 0 Å². The van der Waals surface area contributed by atoms with Gasteiger partial charge in [0.25, 0.3) is 0 Å². The van der Waals surface area contributed by atoms with E-state index in [0.29, 0.717) is 0 Å². The summed E-state index contributed by atoms with van der Waals surface area (Å²) in [5, 5.41) is 0.727. The molecule has 0 aliphatic rings. The summed E-state index contributed by atoms with van der Waals surface area (Å²) < 4.78 is 0.282. The molecule has 76 valence electrons. The van der Waals surface area contributed by atoms with E-state index in [1.54, 1.807) is 6.08 Å². The van der Waals surface area contributed by atoms with Gasteiger partial charge in [-0.3, -0.25) is 0 Å². The van der Waals surface area contributed by atoms with Crippen LogP contribution in [0.2, 0.25) is 5.02 Å². The zero-order valence-corrected chi connectivity index (χ0v) is 10.3. The van der Waals surface area contributed by atoms with Gasteiger partial charge in [-0.2, -0.15) is 0 Å². The first kappa shape index (κ1) is 11.9. The van der Waals surface area contributed by atoms with Crippen LogP contribution >= 0.6 is 34.8 Å². The largest absolute Gasteiger partial charge is 0.103 e. The third-order valence-corrected chi connectivity index (χ3v) is 2.53. The van der Waals surface area contributed by atoms with Crippen LogP contribution in [0.25, 0.3) is 0 Å². The first-order chi connectivity index (χ1) is 6.42. The van der Waals surface area contributed by atoms with Gasteiger partial charge in [-0.05, 0) is 23.8 Å². The topological polar surface area (TPSA) is 0 Å². The number of rotatable bonds is 2. The summed E-state index contributed by atoms with van der Waals surface area (Å²) in [7, 11) is 0. The predicted molar refractivity (Wildman–Crippen MR) is 64.3 cm³/mol. The molecule has 0 radical (unpaired) electrons. The molecule has 0 spiro atoms. The van der Waals surface area contributed by atoms with Crippen LogP contribution in [-0.4, -0.2) is 0 Å². The van der Waals surface area contributed by atoms with Crippen molar-refractivity contribution in [2.24, 2.45) is 0 Å². The molecule has 0 nitrogen and oxygen atoms in total. The van der Waals surface area contributed by atoms with E-state index in [9.17, 15) is 0 Å². The standard InChI is InChI=1S/C11H11Cl3/c1-11(2,7-10(13)14)8-3-5-9(12)6-4-8/h3-7H,1-2H3. The van der Waals surface area contributed by atoms with E-state index in [0.717, 1.165) is 10.6 Å². The zero-order chi connectivity index (χ0) is 10.8. The minimum Gasteiger partial charge on any atom is -0.0843 e. The normalized spacial score (nSPS) is 11.2. The maximum atomic E-state index is 5.80. The molecule has 0 amide bonds. The number of halogens is 3. The molecule has 0 atom stereocenters. The van der Waals surface area contributed by atoms with Gasteiger partial charge in [0.2, 0.25) is 0 Å². The van der Waals surface area contributed by atoms with Crippen LogP contribution in [0.3, 0.4) is 0 Å². The highest BCUT2D eigenvalue weighted by Gasteiger charge is 2.17. The highest BCUT2D eigenvalue weighted by molar-refractivity contribution is 6.55. The summed E-state index contributed by atoms with van der Waals surface area (Å²) in [5.41, 5.74) is 0.948. The fourth-order valence-corrected chi connectivity index (χ4v) is 1.91. The van der Waals surface area contributed by atoms with Gasteiger partial charge in [0, 0.05) is 10.4 Å². The summed E-state index contributed by atoms with van der Waals surface area (Å²) in [5.74, 6) is 0. The molecule has 0 bridgehead atoms. The Morgan fingerprint density at radius 3 is 2.07 bits per heavy atom. The lowest BCUT2D eigenvalue weighted by Gasteiger charge is -2.20. The average Bonchev–Trinajstić information content (AvgIpc) is 2.02. The Morgan fingerprint density at radius 2 is 1.64 bits per heavy atom. The van der Waals surface area contributed by atoms with Crippen molar-refractivity contribution < 1.29 is 0 Å². The molecule has 1 aromatic rings. The molecule has 0 unspecified atom stereocenters. The van der Waals surface area contributed by atoms with Crippen molar-refractivity contribution in [2.75, 3.05) is 0 Å². The summed E-state index contributed by atoms with van der Waals surface area (Å²) in [6.07, 6.45) is 1.80. The van der Waals surface area contributed by atoms with Crippen molar-refractivity contribution in [3.63, 3.8) is 0 Å². The Labute approximate surface area is 99.5 Å². The fraction of sp³-hybridized carbons (Fsp3) is 0.273. The first-order valence-corrected chi connectivity index (χ1v) is 5.35. The van der Waals surface area contributed by atoms with Crippen LogP contribution in [0.1, 0.15) is 19.4 Å². The van der Waals surface area contributed by atoms with Crippen molar-refractivity contribution in [1.29, 1.82) is 0 Å². The maximum Gasteiger partial charge on any atom is 0.103 e. The van der Waals surface area contributed by atoms with E-state index >= 15 is 0 Å². The molecule has 3 heteroatoms. The molecular weight excluding hydrogens is 238 g/mol. The molecule has 0 aromatic heterocycles. The molecule has 0 saturated carbocycles. The zero-order valence-electron chi connectivity index (χ0n) is 8.02. The molecular formula is C11H11Cl3. The Kier molecular flexibility index (Phi) is 3.88. The van der Waals surface area contributed by atoms with E-state index in [2.05, 4.69) is 0 Å². The summed E-state index contributed by atoms with van der Waals surface area (Å²) in [6, 6.07) is 7.65. The third kappa shape index (κ3) is 3.20. The van der Waals surface area contributed by atoms with Crippen LogP contribution < -0.4 is 0 Å². The SMILES string of the molecule is CC(C)(C=C(Cl)Cl)c1ccc(Cl)cc1. The Hall–Kier alpha value is -0.170. The van der Waals surface area contributed by atoms with E-state index in [4.69, 9.17) is 34.8 Å². The highest BCUT2D eigenvalue weighted by atomic mass is 35.5. The smallest absolute Gasteiger partial charge is 0.0843 e. The average molecular weight is 250 g/mol. The van der Waals surface area contributed by atoms with Gasteiger partial charge in [0.05, 0.1) is 0 Å². The number of benzene rings is 1. The Morgan fingerprint density at radius 1 is 1.14 bits per heavy atom. The van der Waals surface area contributed by atoms with Crippen LogP contribution in [-0.2, 0) is 5.41 Å². The van der Waals surface area contributed by atoms with Crippen molar-refractivity contribution in [3.05, 3.63) is 45.4 Å². The molecule has 1 rings (SSSR count). The Bertz CT molecular complexity index is 332. The third-order valence-electron chi connectivity index (χ3n) is 2.06. The van der Waals surface area contributed by atoms with Gasteiger partial charge in [0.15, 0.2) is 0 Å². The van der Waals surface area contributed by atoms with Gasteiger partial charge in [0.1, 0.15) is 4.49 Å². The molecule has 0 aliphatic carbocycles. The second-order valence-corrected chi connectivity index (χ2v) is 5.11. The van der Waals surface area contributed by atoms with Gasteiger partial charge in [-0.25, -0.2) is 0 Å². The van der Waals surface area contributed by atoms with Gasteiger partial charge in [-0.1, -0.05) is 60.8 Å². The summed E-state index contributed by atoms with van der Waals surface area (Å²) in [6.45, 7) is 4.09. The fourth-order valence-electron chi connectivity index (χ4n) is 1.24. The number of hydrogen-bond donors (Lipinski definition) is 0. The van der Waals surface area contributed by atoms with Crippen molar-refractivity contribution in [1.82, 2.24) is 0 Å². The lowest BCUT2D eigenvalue weighted by Crippen LogP contribution is -2.13. The highest BCUT2D eigenvalue weighted by Crippen LogP contribution is 2.28. The van der Waals surface area contributed by atoms with Crippen LogP contribution in [0.15, 0.2) is 34.8 Å². The quantitative estimate of drug-likeness (QED) is 0.697. The maximum absolute atomic E-state index is 5.80. The molecule has 14 heavy (non-hydrogen) atoms. The van der Waals surface area contributed by atoms with E-state index in [1.165, 1.54) is 0 Å². The van der Waals surface area contributed by atoms with Crippen LogP contribution in [0, 0.1) is 0 Å². The molecule has 0 N–H and O–H groups in total. The summed E-state index contributed by atoms with van der Waals surface area (Å²) >= 11 is 17.1. The van der Waals surface area contributed by atoms with Gasteiger partial charge < -0.3 is 0 Å². The Balaban J connectivity index is 3.04. The number of hydrogen-bond acceptors (Lipinski definition) is 0. The molecule has 0 heterocycles. The van der Waals surface area contributed by atoms with E-state index in [-0.39, 0.29) is 9.91 Å². The predicted octanol–water partition coefficient (Wildman–Crippen LogP) is 4.94. The van der Waals surface area contributed by atoms with Crippen molar-refractivity contribution in [2.45, 2.75) is 19.3 Å². The molecule has 1 aromatic carbocycles. The first-order valence-electron chi connectivity index (χ1n) is 4.22. The lowest BCUT2D eigenvalue weighted by atomic mass is 9.85. The second-order valence-electron chi connectivity index (χ2n) is 3.66. The van der Waals surface area contributed by atoms with Crippen molar-refractivity contribution >= 4 is 34.8 Å². The van der Waals surface area contributed by atoms with E-state index < -0.39 is 0 Å². The monoisotopic (exact) mass is 248 g/mol. The number of allylic oxidation sites excluding steroid dienone is 1. The van der Waals surface area contributed by atoms with Crippen LogP contribution in [0.5, 0.6) is 0 Å². The summed E-state index contributed by atoms with van der Waals surface area (Å²) in [4.78, 5) is 0. The molecule has 0 saturated heterocycles. The minimum absolute atomic E-state index is 0.177. The molecule has 0 fully saturated rings. The van der Waals surface area contributed by atoms with Crippen molar-refractivity contribution in [3.8, 4) is 0 Å². The van der Waals surface area contributed by atoms with Gasteiger partial charge in [-0.15, -0.1) is 0 Å². The minimum atomic E-state index is -0.177. The molecule has 0 aliphatic heterocycles. The lowest BCUT2D eigenvalue weighted by molar-refractivity contribution is 0.670. The second kappa shape index (κ2) is 4.57.